The Morgan fingerprint density at radius 3 is 2.43 bits per heavy atom. The van der Waals surface area contributed by atoms with Crippen molar-refractivity contribution in [2.45, 2.75) is 39.7 Å². The van der Waals surface area contributed by atoms with Crippen molar-refractivity contribution in [3.63, 3.8) is 0 Å². The third kappa shape index (κ3) is 5.94. The molecule has 0 amide bonds. The van der Waals surface area contributed by atoms with Crippen molar-refractivity contribution in [2.75, 3.05) is 33.4 Å². The van der Waals surface area contributed by atoms with E-state index < -0.39 is 0 Å². The number of likely N-dealkylation sites (N-methyl/N-ethyl adjacent to an activating group) is 1. The van der Waals surface area contributed by atoms with Gasteiger partial charge in [-0.05, 0) is 43.6 Å². The Labute approximate surface area is 129 Å². The predicted octanol–water partition coefficient (Wildman–Crippen LogP) is 2.70. The monoisotopic (exact) mass is 294 g/mol. The highest BCUT2D eigenvalue weighted by Gasteiger charge is 2.09. The molecule has 0 saturated heterocycles. The molecule has 0 aliphatic carbocycles. The van der Waals surface area contributed by atoms with Crippen LogP contribution in [-0.4, -0.2) is 44.3 Å². The molecule has 1 aromatic rings. The second-order valence-electron chi connectivity index (χ2n) is 5.23. The lowest BCUT2D eigenvalue weighted by Crippen LogP contribution is -2.28. The van der Waals surface area contributed by atoms with Crippen LogP contribution in [0.1, 0.15) is 32.8 Å². The molecule has 0 heterocycles. The average Bonchev–Trinajstić information content (AvgIpc) is 2.51. The molecule has 0 saturated carbocycles. The molecule has 21 heavy (non-hydrogen) atoms. The number of hydrogen-bond donors (Lipinski definition) is 1. The third-order valence-corrected chi connectivity index (χ3v) is 3.81. The van der Waals surface area contributed by atoms with E-state index in [0.29, 0.717) is 6.61 Å². The van der Waals surface area contributed by atoms with Crippen molar-refractivity contribution in [3.05, 3.63) is 23.8 Å². The minimum atomic E-state index is 0.196. The molecule has 1 rings (SSSR count). The number of hydrogen-bond acceptors (Lipinski definition) is 4. The normalized spacial score (nSPS) is 12.5. The largest absolute Gasteiger partial charge is 0.493 e. The fraction of sp³-hybridized carbons (Fsp3) is 0.647. The van der Waals surface area contributed by atoms with Crippen LogP contribution in [0.25, 0.3) is 0 Å². The lowest BCUT2D eigenvalue weighted by Gasteiger charge is -2.19. The van der Waals surface area contributed by atoms with Gasteiger partial charge in [0.1, 0.15) is 6.61 Å². The predicted molar refractivity (Wildman–Crippen MR) is 88.2 cm³/mol. The summed E-state index contributed by atoms with van der Waals surface area (Å²) in [5.41, 5.74) is 7.22. The van der Waals surface area contributed by atoms with E-state index in [1.54, 1.807) is 7.11 Å². The summed E-state index contributed by atoms with van der Waals surface area (Å²) in [5.74, 6) is 1.59. The molecule has 2 N–H and O–H groups in total. The first-order chi connectivity index (χ1) is 10.1. The van der Waals surface area contributed by atoms with Gasteiger partial charge in [-0.25, -0.2) is 0 Å². The molecule has 0 aliphatic rings. The molecule has 0 radical (unpaired) electrons. The van der Waals surface area contributed by atoms with E-state index in [9.17, 15) is 0 Å². The molecule has 0 fully saturated rings. The van der Waals surface area contributed by atoms with Gasteiger partial charge < -0.3 is 20.1 Å². The Hall–Kier alpha value is -1.26. The van der Waals surface area contributed by atoms with Gasteiger partial charge in [-0.1, -0.05) is 26.8 Å². The summed E-state index contributed by atoms with van der Waals surface area (Å²) in [6.45, 7) is 10.1. The van der Waals surface area contributed by atoms with Gasteiger partial charge in [0.15, 0.2) is 11.5 Å². The average molecular weight is 294 g/mol. The number of benzene rings is 1. The summed E-state index contributed by atoms with van der Waals surface area (Å²) in [6.07, 6.45) is 1.84. The summed E-state index contributed by atoms with van der Waals surface area (Å²) in [7, 11) is 1.67. The minimum absolute atomic E-state index is 0.196. The maximum atomic E-state index is 6.02. The first-order valence-corrected chi connectivity index (χ1v) is 7.92. The van der Waals surface area contributed by atoms with Crippen LogP contribution < -0.4 is 15.2 Å². The zero-order chi connectivity index (χ0) is 15.7. The van der Waals surface area contributed by atoms with Crippen molar-refractivity contribution in [1.29, 1.82) is 0 Å². The van der Waals surface area contributed by atoms with Gasteiger partial charge >= 0.3 is 0 Å². The summed E-state index contributed by atoms with van der Waals surface area (Å²) in [6, 6.07) is 6.27. The zero-order valence-corrected chi connectivity index (χ0v) is 13.9. The van der Waals surface area contributed by atoms with E-state index in [-0.39, 0.29) is 6.04 Å². The second kappa shape index (κ2) is 9.64. The molecule has 0 aromatic heterocycles. The standard InChI is InChI=1S/C17H30N2O2/c1-5-15(18)12-14-8-9-16(20-4)17(13-14)21-11-10-19(6-2)7-3/h8-9,13,15H,5-7,10-12,18H2,1-4H3. The van der Waals surface area contributed by atoms with Gasteiger partial charge in [0.2, 0.25) is 0 Å². The minimum Gasteiger partial charge on any atom is -0.493 e. The first kappa shape index (κ1) is 17.8. The number of nitrogens with zero attached hydrogens (tertiary/aromatic N) is 1. The Morgan fingerprint density at radius 2 is 1.86 bits per heavy atom. The maximum absolute atomic E-state index is 6.02. The number of methoxy groups -OCH3 is 1. The van der Waals surface area contributed by atoms with Crippen molar-refractivity contribution >= 4 is 0 Å². The quantitative estimate of drug-likeness (QED) is 0.721. The van der Waals surface area contributed by atoms with Crippen LogP contribution in [0.5, 0.6) is 11.5 Å². The Bertz CT molecular complexity index is 406. The van der Waals surface area contributed by atoms with Crippen LogP contribution in [0.3, 0.4) is 0 Å². The van der Waals surface area contributed by atoms with E-state index in [1.165, 1.54) is 5.56 Å². The molecule has 1 atom stereocenters. The van der Waals surface area contributed by atoms with Crippen LogP contribution in [0, 0.1) is 0 Å². The van der Waals surface area contributed by atoms with Crippen LogP contribution >= 0.6 is 0 Å². The molecule has 4 nitrogen and oxygen atoms in total. The van der Waals surface area contributed by atoms with Crippen molar-refractivity contribution in [2.24, 2.45) is 5.73 Å². The molecule has 0 bridgehead atoms. The molecular formula is C17H30N2O2. The molecule has 4 heteroatoms. The first-order valence-electron chi connectivity index (χ1n) is 7.92. The fourth-order valence-corrected chi connectivity index (χ4v) is 2.23. The fourth-order valence-electron chi connectivity index (χ4n) is 2.23. The van der Waals surface area contributed by atoms with E-state index in [2.05, 4.69) is 37.8 Å². The zero-order valence-electron chi connectivity index (χ0n) is 13.9. The number of rotatable bonds is 10. The smallest absolute Gasteiger partial charge is 0.161 e. The lowest BCUT2D eigenvalue weighted by atomic mass is 10.0. The molecule has 0 aliphatic heterocycles. The highest BCUT2D eigenvalue weighted by Crippen LogP contribution is 2.28. The van der Waals surface area contributed by atoms with Crippen molar-refractivity contribution in [3.8, 4) is 11.5 Å². The third-order valence-electron chi connectivity index (χ3n) is 3.81. The maximum Gasteiger partial charge on any atom is 0.161 e. The van der Waals surface area contributed by atoms with Crippen LogP contribution in [0.4, 0.5) is 0 Å². The van der Waals surface area contributed by atoms with Gasteiger partial charge in [-0.15, -0.1) is 0 Å². The summed E-state index contributed by atoms with van der Waals surface area (Å²) in [4.78, 5) is 2.34. The highest BCUT2D eigenvalue weighted by molar-refractivity contribution is 5.43. The van der Waals surface area contributed by atoms with E-state index >= 15 is 0 Å². The lowest BCUT2D eigenvalue weighted by molar-refractivity contribution is 0.217. The van der Waals surface area contributed by atoms with Gasteiger partial charge in [-0.2, -0.15) is 0 Å². The molecule has 120 valence electrons. The molecule has 1 aromatic carbocycles. The molecular weight excluding hydrogens is 264 g/mol. The van der Waals surface area contributed by atoms with Crippen molar-refractivity contribution in [1.82, 2.24) is 4.90 Å². The van der Waals surface area contributed by atoms with E-state index in [4.69, 9.17) is 15.2 Å². The van der Waals surface area contributed by atoms with Crippen molar-refractivity contribution < 1.29 is 9.47 Å². The van der Waals surface area contributed by atoms with E-state index in [1.807, 2.05) is 6.07 Å². The Kier molecular flexibility index (Phi) is 8.16. The van der Waals surface area contributed by atoms with Crippen LogP contribution in [0.2, 0.25) is 0 Å². The van der Waals surface area contributed by atoms with Crippen LogP contribution in [0.15, 0.2) is 18.2 Å². The van der Waals surface area contributed by atoms with E-state index in [0.717, 1.165) is 44.0 Å². The Balaban J connectivity index is 2.67. The second-order valence-corrected chi connectivity index (χ2v) is 5.23. The topological polar surface area (TPSA) is 47.7 Å². The van der Waals surface area contributed by atoms with Crippen LogP contribution in [-0.2, 0) is 6.42 Å². The van der Waals surface area contributed by atoms with Gasteiger partial charge in [0, 0.05) is 12.6 Å². The molecule has 0 spiro atoms. The summed E-state index contributed by atoms with van der Waals surface area (Å²) in [5, 5.41) is 0. The van der Waals surface area contributed by atoms with Gasteiger partial charge in [0.25, 0.3) is 0 Å². The van der Waals surface area contributed by atoms with Gasteiger partial charge in [-0.3, -0.25) is 0 Å². The highest BCUT2D eigenvalue weighted by atomic mass is 16.5. The van der Waals surface area contributed by atoms with Gasteiger partial charge in [0.05, 0.1) is 7.11 Å². The SMILES string of the molecule is CCC(N)Cc1ccc(OC)c(OCCN(CC)CC)c1. The Morgan fingerprint density at radius 1 is 1.14 bits per heavy atom. The number of ether oxygens (including phenoxy) is 2. The molecule has 1 unspecified atom stereocenters. The summed E-state index contributed by atoms with van der Waals surface area (Å²) >= 11 is 0. The number of nitrogens with two attached hydrogens (primary N) is 1. The summed E-state index contributed by atoms with van der Waals surface area (Å²) < 4.78 is 11.3.